The van der Waals surface area contributed by atoms with Gasteiger partial charge in [0, 0.05) is 18.8 Å². The maximum Gasteiger partial charge on any atom is 0.416 e. The number of halogens is 3. The number of aryl methyl sites for hydroxylation is 1. The van der Waals surface area contributed by atoms with Gasteiger partial charge in [0.1, 0.15) is 0 Å². The minimum atomic E-state index is -4.50. The largest absolute Gasteiger partial charge is 0.416 e. The highest BCUT2D eigenvalue weighted by atomic mass is 32.2. The number of rotatable bonds is 3. The number of carbonyl (C=O) groups is 1. The van der Waals surface area contributed by atoms with Crippen molar-refractivity contribution in [2.24, 2.45) is 5.92 Å². The van der Waals surface area contributed by atoms with E-state index in [0.29, 0.717) is 19.4 Å². The molecule has 1 saturated heterocycles. The number of anilines is 1. The van der Waals surface area contributed by atoms with Gasteiger partial charge in [-0.25, -0.2) is 12.7 Å². The van der Waals surface area contributed by atoms with Crippen molar-refractivity contribution in [1.29, 1.82) is 0 Å². The lowest BCUT2D eigenvalue weighted by molar-refractivity contribution is -0.138. The normalized spacial score (nSPS) is 20.0. The molecule has 1 aliphatic heterocycles. The van der Waals surface area contributed by atoms with Crippen molar-refractivity contribution in [3.8, 4) is 0 Å². The molecule has 5 nitrogen and oxygen atoms in total. The quantitative estimate of drug-likeness (QED) is 0.897. The number of nitrogens with zero attached hydrogens (tertiary/aromatic N) is 1. The van der Waals surface area contributed by atoms with Crippen molar-refractivity contribution in [3.63, 3.8) is 0 Å². The van der Waals surface area contributed by atoms with Gasteiger partial charge in [0.15, 0.2) is 0 Å². The molecule has 1 N–H and O–H groups in total. The number of benzene rings is 1. The molecular formula is C15H19F3N2O3S. The molecule has 2 rings (SSSR count). The van der Waals surface area contributed by atoms with Gasteiger partial charge in [-0.15, -0.1) is 0 Å². The zero-order chi connectivity index (χ0) is 18.1. The summed E-state index contributed by atoms with van der Waals surface area (Å²) in [4.78, 5) is 12.3. The average molecular weight is 364 g/mol. The van der Waals surface area contributed by atoms with Gasteiger partial charge in [-0.1, -0.05) is 6.07 Å². The van der Waals surface area contributed by atoms with E-state index < -0.39 is 33.6 Å². The molecule has 1 fully saturated rings. The molecule has 1 amide bonds. The molecular weight excluding hydrogens is 345 g/mol. The highest BCUT2D eigenvalue weighted by Crippen LogP contribution is 2.33. The SMILES string of the molecule is Cc1ccc(NC(=O)C2CCCN(S(C)(=O)=O)C2)cc1C(F)(F)F. The summed E-state index contributed by atoms with van der Waals surface area (Å²) in [6, 6.07) is 3.59. The van der Waals surface area contributed by atoms with Crippen LogP contribution in [0.1, 0.15) is 24.0 Å². The van der Waals surface area contributed by atoms with Gasteiger partial charge in [0.05, 0.1) is 17.7 Å². The Bertz CT molecular complexity index is 732. The lowest BCUT2D eigenvalue weighted by Gasteiger charge is -2.30. The number of hydrogen-bond donors (Lipinski definition) is 1. The first-order valence-electron chi connectivity index (χ1n) is 7.42. The summed E-state index contributed by atoms with van der Waals surface area (Å²) in [5, 5.41) is 2.46. The summed E-state index contributed by atoms with van der Waals surface area (Å²) in [6.07, 6.45) is -2.39. The second-order valence-corrected chi connectivity index (χ2v) is 7.96. The van der Waals surface area contributed by atoms with Crippen molar-refractivity contribution in [2.75, 3.05) is 24.7 Å². The van der Waals surface area contributed by atoms with Crippen molar-refractivity contribution in [3.05, 3.63) is 29.3 Å². The van der Waals surface area contributed by atoms with Crippen LogP contribution >= 0.6 is 0 Å². The van der Waals surface area contributed by atoms with E-state index in [0.717, 1.165) is 12.3 Å². The number of amides is 1. The van der Waals surface area contributed by atoms with E-state index in [1.54, 1.807) is 0 Å². The van der Waals surface area contributed by atoms with Gasteiger partial charge in [0.2, 0.25) is 15.9 Å². The summed E-state index contributed by atoms with van der Waals surface area (Å²) < 4.78 is 63.1. The molecule has 0 spiro atoms. The second-order valence-electron chi connectivity index (χ2n) is 5.98. The Kier molecular flexibility index (Phi) is 5.24. The van der Waals surface area contributed by atoms with Crippen LogP contribution < -0.4 is 5.32 Å². The molecule has 0 radical (unpaired) electrons. The first-order chi connectivity index (χ1) is 11.0. The van der Waals surface area contributed by atoms with E-state index in [1.807, 2.05) is 0 Å². The van der Waals surface area contributed by atoms with Crippen LogP contribution in [0.25, 0.3) is 0 Å². The van der Waals surface area contributed by atoms with Crippen molar-refractivity contribution in [1.82, 2.24) is 4.31 Å². The van der Waals surface area contributed by atoms with E-state index in [9.17, 15) is 26.4 Å². The van der Waals surface area contributed by atoms with Crippen LogP contribution in [0.3, 0.4) is 0 Å². The summed E-state index contributed by atoms with van der Waals surface area (Å²) in [5.41, 5.74) is -0.683. The van der Waals surface area contributed by atoms with Crippen LogP contribution in [-0.4, -0.2) is 38.0 Å². The van der Waals surface area contributed by atoms with Gasteiger partial charge >= 0.3 is 6.18 Å². The fraction of sp³-hybridized carbons (Fsp3) is 0.533. The summed E-state index contributed by atoms with van der Waals surface area (Å²) in [6.45, 7) is 1.74. The molecule has 1 aliphatic rings. The van der Waals surface area contributed by atoms with Gasteiger partial charge in [-0.3, -0.25) is 4.79 Å². The van der Waals surface area contributed by atoms with Gasteiger partial charge in [-0.2, -0.15) is 13.2 Å². The molecule has 0 aromatic heterocycles. The molecule has 0 aliphatic carbocycles. The Morgan fingerprint density at radius 1 is 1.33 bits per heavy atom. The Balaban J connectivity index is 2.12. The number of hydrogen-bond acceptors (Lipinski definition) is 3. The van der Waals surface area contributed by atoms with Gasteiger partial charge in [-0.05, 0) is 37.5 Å². The van der Waals surface area contributed by atoms with Crippen molar-refractivity contribution < 1.29 is 26.4 Å². The molecule has 24 heavy (non-hydrogen) atoms. The standard InChI is InChI=1S/C15H19F3N2O3S/c1-10-5-6-12(8-13(10)15(16,17)18)19-14(21)11-4-3-7-20(9-11)24(2,22)23/h5-6,8,11H,3-4,7,9H2,1-2H3,(H,19,21). The molecule has 0 saturated carbocycles. The van der Waals surface area contributed by atoms with Crippen molar-refractivity contribution in [2.45, 2.75) is 25.9 Å². The number of sulfonamides is 1. The van der Waals surface area contributed by atoms with Crippen LogP contribution in [0.2, 0.25) is 0 Å². The second kappa shape index (κ2) is 6.72. The molecule has 134 valence electrons. The summed E-state index contributed by atoms with van der Waals surface area (Å²) >= 11 is 0. The third-order valence-corrected chi connectivity index (χ3v) is 5.30. The topological polar surface area (TPSA) is 66.5 Å². The monoisotopic (exact) mass is 364 g/mol. The highest BCUT2D eigenvalue weighted by molar-refractivity contribution is 7.88. The Hall–Kier alpha value is -1.61. The predicted octanol–water partition coefficient (Wildman–Crippen LogP) is 2.62. The minimum Gasteiger partial charge on any atom is -0.326 e. The Morgan fingerprint density at radius 2 is 2.00 bits per heavy atom. The maximum absolute atomic E-state index is 12.9. The molecule has 1 heterocycles. The molecule has 1 aromatic carbocycles. The van der Waals surface area contributed by atoms with E-state index in [2.05, 4.69) is 5.32 Å². The number of alkyl halides is 3. The van der Waals surface area contributed by atoms with Crippen LogP contribution in [0, 0.1) is 12.8 Å². The average Bonchev–Trinajstić information content (AvgIpc) is 2.47. The van der Waals surface area contributed by atoms with Gasteiger partial charge < -0.3 is 5.32 Å². The van der Waals surface area contributed by atoms with Gasteiger partial charge in [0.25, 0.3) is 0 Å². The third-order valence-electron chi connectivity index (χ3n) is 4.03. The number of nitrogens with one attached hydrogen (secondary N) is 1. The van der Waals surface area contributed by atoms with E-state index in [-0.39, 0.29) is 17.8 Å². The first-order valence-corrected chi connectivity index (χ1v) is 9.27. The Morgan fingerprint density at radius 3 is 2.58 bits per heavy atom. The van der Waals surface area contributed by atoms with E-state index in [4.69, 9.17) is 0 Å². The van der Waals surface area contributed by atoms with Crippen LogP contribution in [0.4, 0.5) is 18.9 Å². The smallest absolute Gasteiger partial charge is 0.326 e. The maximum atomic E-state index is 12.9. The third kappa shape index (κ3) is 4.47. The Labute approximate surface area is 138 Å². The zero-order valence-electron chi connectivity index (χ0n) is 13.4. The fourth-order valence-corrected chi connectivity index (χ4v) is 3.62. The fourth-order valence-electron chi connectivity index (χ4n) is 2.71. The molecule has 9 heteroatoms. The van der Waals surface area contributed by atoms with Crippen LogP contribution in [0.5, 0.6) is 0 Å². The highest BCUT2D eigenvalue weighted by Gasteiger charge is 2.33. The summed E-state index contributed by atoms with van der Waals surface area (Å²) in [7, 11) is -3.39. The number of piperidine rings is 1. The van der Waals surface area contributed by atoms with E-state index >= 15 is 0 Å². The molecule has 1 unspecified atom stereocenters. The number of carbonyl (C=O) groups excluding carboxylic acids is 1. The molecule has 1 atom stereocenters. The lowest BCUT2D eigenvalue weighted by atomic mass is 9.98. The van der Waals surface area contributed by atoms with Crippen molar-refractivity contribution >= 4 is 21.6 Å². The van der Waals surface area contributed by atoms with Crippen LogP contribution in [-0.2, 0) is 21.0 Å². The minimum absolute atomic E-state index is 0.0443. The lowest BCUT2D eigenvalue weighted by Crippen LogP contribution is -2.43. The molecule has 1 aromatic rings. The molecule has 0 bridgehead atoms. The van der Waals surface area contributed by atoms with Crippen LogP contribution in [0.15, 0.2) is 18.2 Å². The zero-order valence-corrected chi connectivity index (χ0v) is 14.2. The summed E-state index contributed by atoms with van der Waals surface area (Å²) in [5.74, 6) is -1.05. The van der Waals surface area contributed by atoms with E-state index in [1.165, 1.54) is 23.4 Å². The first kappa shape index (κ1) is 18.7. The predicted molar refractivity (Wildman–Crippen MR) is 84.0 cm³/mol.